The fourth-order valence-electron chi connectivity index (χ4n) is 3.68. The average Bonchev–Trinajstić information content (AvgIpc) is 2.91. The van der Waals surface area contributed by atoms with Gasteiger partial charge < -0.3 is 48.8 Å². The number of ketones is 1. The van der Waals surface area contributed by atoms with E-state index in [4.69, 9.17) is 28.4 Å². The zero-order valence-corrected chi connectivity index (χ0v) is 20.3. The molecule has 2 aromatic carbocycles. The molecule has 0 aromatic heterocycles. The van der Waals surface area contributed by atoms with Gasteiger partial charge in [-0.25, -0.2) is 0 Å². The van der Waals surface area contributed by atoms with E-state index in [1.54, 1.807) is 24.3 Å². The van der Waals surface area contributed by atoms with Crippen LogP contribution in [0.4, 0.5) is 0 Å². The molecule has 36 heavy (non-hydrogen) atoms. The molecule has 1 heterocycles. The van der Waals surface area contributed by atoms with Crippen molar-refractivity contribution in [3.05, 3.63) is 47.5 Å². The van der Waals surface area contributed by atoms with Gasteiger partial charge in [0.15, 0.2) is 5.78 Å². The fourth-order valence-corrected chi connectivity index (χ4v) is 3.68. The number of hydrogen-bond acceptors (Lipinski definition) is 11. The van der Waals surface area contributed by atoms with Gasteiger partial charge in [0.2, 0.25) is 6.29 Å². The summed E-state index contributed by atoms with van der Waals surface area (Å²) in [6, 6.07) is 7.98. The Bertz CT molecular complexity index is 1080. The Morgan fingerprint density at radius 1 is 0.861 bits per heavy atom. The van der Waals surface area contributed by atoms with Crippen LogP contribution < -0.4 is 23.7 Å². The second-order valence-corrected chi connectivity index (χ2v) is 7.82. The zero-order valence-electron chi connectivity index (χ0n) is 20.3. The molecular formula is C25H30O11. The Morgan fingerprint density at radius 3 is 2.11 bits per heavy atom. The molecule has 2 aromatic rings. The van der Waals surface area contributed by atoms with E-state index in [1.165, 1.54) is 46.6 Å². The first-order valence-corrected chi connectivity index (χ1v) is 11.0. The first-order valence-electron chi connectivity index (χ1n) is 11.0. The van der Waals surface area contributed by atoms with Crippen molar-refractivity contribution in [3.8, 4) is 28.7 Å². The molecule has 11 heteroatoms. The number of hydrogen-bond donors (Lipinski definition) is 4. The molecule has 196 valence electrons. The highest BCUT2D eigenvalue weighted by Crippen LogP contribution is 2.37. The predicted octanol–water partition coefficient (Wildman–Crippen LogP) is 0.796. The van der Waals surface area contributed by atoms with Crippen LogP contribution in [0.2, 0.25) is 0 Å². The van der Waals surface area contributed by atoms with E-state index < -0.39 is 43.1 Å². The second kappa shape index (κ2) is 12.1. The lowest BCUT2D eigenvalue weighted by atomic mass is 9.99. The number of carbonyl (C=O) groups is 1. The van der Waals surface area contributed by atoms with Crippen LogP contribution in [0, 0.1) is 0 Å². The minimum absolute atomic E-state index is 0.0148. The summed E-state index contributed by atoms with van der Waals surface area (Å²) in [5, 5.41) is 40.0. The van der Waals surface area contributed by atoms with Crippen LogP contribution >= 0.6 is 0 Å². The van der Waals surface area contributed by atoms with Crippen LogP contribution in [-0.2, 0) is 4.74 Å². The molecule has 0 radical (unpaired) electrons. The van der Waals surface area contributed by atoms with E-state index in [0.29, 0.717) is 17.1 Å². The molecule has 0 bridgehead atoms. The smallest absolute Gasteiger partial charge is 0.229 e. The van der Waals surface area contributed by atoms with Gasteiger partial charge in [-0.15, -0.1) is 0 Å². The molecule has 0 saturated carbocycles. The molecule has 1 fully saturated rings. The first kappa shape index (κ1) is 27.2. The van der Waals surface area contributed by atoms with Crippen molar-refractivity contribution in [2.24, 2.45) is 0 Å². The molecule has 5 atom stereocenters. The first-order chi connectivity index (χ1) is 17.3. The third-order valence-corrected chi connectivity index (χ3v) is 5.69. The van der Waals surface area contributed by atoms with E-state index in [1.807, 2.05) is 0 Å². The van der Waals surface area contributed by atoms with Gasteiger partial charge in [0.25, 0.3) is 0 Å². The van der Waals surface area contributed by atoms with Crippen molar-refractivity contribution in [2.75, 3.05) is 35.0 Å². The number of benzene rings is 2. The van der Waals surface area contributed by atoms with Crippen molar-refractivity contribution < 1.29 is 53.6 Å². The molecule has 5 unspecified atom stereocenters. The van der Waals surface area contributed by atoms with Crippen molar-refractivity contribution in [2.45, 2.75) is 30.7 Å². The summed E-state index contributed by atoms with van der Waals surface area (Å²) in [4.78, 5) is 13.3. The van der Waals surface area contributed by atoms with Crippen molar-refractivity contribution in [1.29, 1.82) is 0 Å². The van der Waals surface area contributed by atoms with E-state index in [-0.39, 0.29) is 22.8 Å². The van der Waals surface area contributed by atoms with E-state index in [2.05, 4.69) is 0 Å². The molecule has 0 aliphatic carbocycles. The lowest BCUT2D eigenvalue weighted by Gasteiger charge is -2.39. The number of ether oxygens (including phenoxy) is 6. The van der Waals surface area contributed by atoms with Gasteiger partial charge in [-0.3, -0.25) is 4.79 Å². The maximum absolute atomic E-state index is 13.3. The molecule has 1 saturated heterocycles. The molecule has 1 aliphatic rings. The largest absolute Gasteiger partial charge is 0.497 e. The number of carbonyl (C=O) groups excluding carboxylic acids is 1. The Morgan fingerprint density at radius 2 is 1.50 bits per heavy atom. The monoisotopic (exact) mass is 506 g/mol. The Kier molecular flexibility index (Phi) is 9.13. The standard InChI is InChI=1S/C25H30O11/c1-31-14-7-5-13(17(9-14)33-3)6-8-16(27)21-18(34-4)10-15(32-2)11-19(21)35-25-24(30)23(29)22(28)20(12-26)36-25/h5-11,20,22-26,28-30H,12H2,1-4H3. The van der Waals surface area contributed by atoms with Crippen LogP contribution in [0.15, 0.2) is 36.4 Å². The lowest BCUT2D eigenvalue weighted by molar-refractivity contribution is -0.277. The summed E-state index contributed by atoms with van der Waals surface area (Å²) in [6.45, 7) is -0.634. The second-order valence-electron chi connectivity index (χ2n) is 7.82. The van der Waals surface area contributed by atoms with Crippen LogP contribution in [0.1, 0.15) is 15.9 Å². The minimum atomic E-state index is -1.68. The normalized spacial score (nSPS) is 23.8. The molecule has 0 amide bonds. The quantitative estimate of drug-likeness (QED) is 0.267. The van der Waals surface area contributed by atoms with Gasteiger partial charge in [0.05, 0.1) is 35.0 Å². The summed E-state index contributed by atoms with van der Waals surface area (Å²) in [6.07, 6.45) is -4.78. The average molecular weight is 507 g/mol. The summed E-state index contributed by atoms with van der Waals surface area (Å²) >= 11 is 0. The number of methoxy groups -OCH3 is 4. The summed E-state index contributed by atoms with van der Waals surface area (Å²) < 4.78 is 32.4. The van der Waals surface area contributed by atoms with Gasteiger partial charge in [-0.1, -0.05) is 0 Å². The number of aliphatic hydroxyl groups is 4. The molecule has 0 spiro atoms. The molecular weight excluding hydrogens is 476 g/mol. The van der Waals surface area contributed by atoms with Gasteiger partial charge in [-0.05, 0) is 24.3 Å². The fraction of sp³-hybridized carbons (Fsp3) is 0.400. The SMILES string of the molecule is COc1ccc(C=CC(=O)c2c(OC)cc(OC)cc2OC2OC(CO)C(O)C(O)C2O)c(OC)c1. The maximum Gasteiger partial charge on any atom is 0.229 e. The van der Waals surface area contributed by atoms with Crippen molar-refractivity contribution >= 4 is 11.9 Å². The number of allylic oxidation sites excluding steroid dienone is 1. The topological polar surface area (TPSA) is 153 Å². The summed E-state index contributed by atoms with van der Waals surface area (Å²) in [5.41, 5.74) is 0.592. The van der Waals surface area contributed by atoms with Gasteiger partial charge in [0.1, 0.15) is 58.7 Å². The maximum atomic E-state index is 13.3. The third kappa shape index (κ3) is 5.72. The molecule has 3 rings (SSSR count). The van der Waals surface area contributed by atoms with Crippen LogP contribution in [0.5, 0.6) is 28.7 Å². The van der Waals surface area contributed by atoms with Gasteiger partial charge in [-0.2, -0.15) is 0 Å². The van der Waals surface area contributed by atoms with E-state index >= 15 is 0 Å². The van der Waals surface area contributed by atoms with E-state index in [9.17, 15) is 25.2 Å². The lowest BCUT2D eigenvalue weighted by Crippen LogP contribution is -2.60. The van der Waals surface area contributed by atoms with Crippen LogP contribution in [0.25, 0.3) is 6.08 Å². The highest BCUT2D eigenvalue weighted by Gasteiger charge is 2.45. The Balaban J connectivity index is 1.98. The van der Waals surface area contributed by atoms with Crippen molar-refractivity contribution in [3.63, 3.8) is 0 Å². The predicted molar refractivity (Wildman–Crippen MR) is 127 cm³/mol. The molecule has 4 N–H and O–H groups in total. The minimum Gasteiger partial charge on any atom is -0.497 e. The summed E-state index contributed by atoms with van der Waals surface area (Å²) in [5.74, 6) is 0.869. The number of rotatable bonds is 10. The summed E-state index contributed by atoms with van der Waals surface area (Å²) in [7, 11) is 5.79. The van der Waals surface area contributed by atoms with Crippen LogP contribution in [-0.4, -0.2) is 92.0 Å². The Hall–Kier alpha value is -3.35. The molecule has 1 aliphatic heterocycles. The van der Waals surface area contributed by atoms with Gasteiger partial charge >= 0.3 is 0 Å². The number of aliphatic hydroxyl groups excluding tert-OH is 4. The highest BCUT2D eigenvalue weighted by atomic mass is 16.7. The highest BCUT2D eigenvalue weighted by molar-refractivity contribution is 6.10. The van der Waals surface area contributed by atoms with Gasteiger partial charge in [0, 0.05) is 23.8 Å². The van der Waals surface area contributed by atoms with Crippen LogP contribution in [0.3, 0.4) is 0 Å². The zero-order chi connectivity index (χ0) is 26.4. The van der Waals surface area contributed by atoms with Crippen molar-refractivity contribution in [1.82, 2.24) is 0 Å². The third-order valence-electron chi connectivity index (χ3n) is 5.69. The Labute approximate surface area is 208 Å². The van der Waals surface area contributed by atoms with E-state index in [0.717, 1.165) is 0 Å². The molecule has 11 nitrogen and oxygen atoms in total.